The highest BCUT2D eigenvalue weighted by Gasteiger charge is 2.36. The van der Waals surface area contributed by atoms with Crippen LogP contribution < -0.4 is 9.47 Å². The van der Waals surface area contributed by atoms with Crippen molar-refractivity contribution in [3.63, 3.8) is 0 Å². The maximum Gasteiger partial charge on any atom is 0.305 e. The summed E-state index contributed by atoms with van der Waals surface area (Å²) in [5.41, 5.74) is 0. The van der Waals surface area contributed by atoms with E-state index in [1.165, 1.54) is 128 Å². The molecule has 4 fully saturated rings. The Hall–Kier alpha value is -2.77. The lowest BCUT2D eigenvalue weighted by molar-refractivity contribution is -0.146. The third kappa shape index (κ3) is 18.1. The van der Waals surface area contributed by atoms with Gasteiger partial charge in [-0.25, -0.2) is 0 Å². The van der Waals surface area contributed by atoms with Gasteiger partial charge in [-0.1, -0.05) is 167 Å². The highest BCUT2D eigenvalue weighted by molar-refractivity contribution is 5.79. The number of hydrogen-bond donors (Lipinski definition) is 0. The van der Waals surface area contributed by atoms with Crippen molar-refractivity contribution in [3.05, 3.63) is 24.3 Å². The van der Waals surface area contributed by atoms with E-state index in [0.29, 0.717) is 42.5 Å². The molecule has 0 unspecified atom stereocenters. The van der Waals surface area contributed by atoms with Gasteiger partial charge in [-0.05, 0) is 88.7 Å². The first-order valence-electron chi connectivity index (χ1n) is 26.2. The minimum Gasteiger partial charge on any atom is -0.480 e. The highest BCUT2D eigenvalue weighted by Crippen LogP contribution is 2.35. The van der Waals surface area contributed by atoms with Crippen LogP contribution in [0, 0.1) is 5.92 Å². The van der Waals surface area contributed by atoms with E-state index in [4.69, 9.17) is 14.2 Å². The quantitative estimate of drug-likeness (QED) is 0.0617. The van der Waals surface area contributed by atoms with Crippen LogP contribution in [0.4, 0.5) is 0 Å². The standard InChI is InChI=1S/C53H88N2O6/c1-2-3-4-5-6-7-8-9-10-11-12-13-14-15-25-36-53(58)61-41-44-37-39-48(40-38-44)55(47-32-23-18-24-33-47)52(57)43-60-50-35-27-26-34-49(50)59-42-51(56)54(45-28-19-16-20-29-45)46-30-21-17-22-31-46/h26-27,34-35,44-48H,2-25,28-33,36-43H2,1H3. The van der Waals surface area contributed by atoms with Crippen LogP contribution in [0.3, 0.4) is 0 Å². The van der Waals surface area contributed by atoms with Gasteiger partial charge >= 0.3 is 5.97 Å². The minimum absolute atomic E-state index is 0.00637. The lowest BCUT2D eigenvalue weighted by atomic mass is 9.83. The Balaban J connectivity index is 0.990. The Kier molecular flexibility index (Phi) is 23.9. The fourth-order valence-electron chi connectivity index (χ4n) is 11.1. The zero-order valence-corrected chi connectivity index (χ0v) is 38.9. The van der Waals surface area contributed by atoms with Crippen LogP contribution in [0.2, 0.25) is 0 Å². The molecule has 4 saturated carbocycles. The summed E-state index contributed by atoms with van der Waals surface area (Å²) in [6.45, 7) is 2.73. The van der Waals surface area contributed by atoms with Crippen LogP contribution in [-0.2, 0) is 19.1 Å². The summed E-state index contributed by atoms with van der Waals surface area (Å²) in [6, 6.07) is 8.58. The number of carbonyl (C=O) groups is 3. The number of unbranched alkanes of at least 4 members (excludes halogenated alkanes) is 14. The molecule has 0 spiro atoms. The molecule has 0 bridgehead atoms. The molecule has 0 atom stereocenters. The zero-order valence-electron chi connectivity index (χ0n) is 38.9. The molecule has 0 aliphatic heterocycles. The molecular formula is C53H88N2O6. The Morgan fingerprint density at radius 1 is 0.475 bits per heavy atom. The van der Waals surface area contributed by atoms with Crippen LogP contribution in [0.5, 0.6) is 11.5 Å². The first-order chi connectivity index (χ1) is 30.0. The Bertz CT molecular complexity index is 1330. The van der Waals surface area contributed by atoms with Gasteiger partial charge in [-0.15, -0.1) is 0 Å². The van der Waals surface area contributed by atoms with Crippen LogP contribution >= 0.6 is 0 Å². The normalized spacial score (nSPS) is 20.5. The SMILES string of the molecule is CCCCCCCCCCCCCCCCCC(=O)OCC1CCC(N(C(=O)COc2ccccc2OCC(=O)N(C2CCCCC2)C2CCCCC2)C2CCCCC2)CC1. The Morgan fingerprint density at radius 2 is 0.836 bits per heavy atom. The highest BCUT2D eigenvalue weighted by atomic mass is 16.5. The third-order valence-corrected chi connectivity index (χ3v) is 14.7. The van der Waals surface area contributed by atoms with E-state index in [0.717, 1.165) is 89.9 Å². The molecule has 4 aliphatic rings. The van der Waals surface area contributed by atoms with Gasteiger partial charge < -0.3 is 24.0 Å². The minimum atomic E-state index is -0.0487. The van der Waals surface area contributed by atoms with Crippen molar-refractivity contribution in [2.24, 2.45) is 5.92 Å². The van der Waals surface area contributed by atoms with E-state index >= 15 is 0 Å². The van der Waals surface area contributed by atoms with Gasteiger partial charge in [0.1, 0.15) is 0 Å². The van der Waals surface area contributed by atoms with E-state index in [1.54, 1.807) is 0 Å². The third-order valence-electron chi connectivity index (χ3n) is 14.7. The van der Waals surface area contributed by atoms with E-state index in [-0.39, 0.29) is 43.1 Å². The Morgan fingerprint density at radius 3 is 1.23 bits per heavy atom. The predicted octanol–water partition coefficient (Wildman–Crippen LogP) is 13.5. The van der Waals surface area contributed by atoms with Crippen LogP contribution in [-0.4, -0.2) is 71.6 Å². The number of ether oxygens (including phenoxy) is 3. The molecule has 8 heteroatoms. The number of esters is 1. The molecule has 5 rings (SSSR count). The molecule has 0 heterocycles. The molecule has 2 amide bonds. The summed E-state index contributed by atoms with van der Waals surface area (Å²) in [7, 11) is 0. The monoisotopic (exact) mass is 849 g/mol. The number of para-hydroxylation sites is 2. The summed E-state index contributed by atoms with van der Waals surface area (Å²) in [5.74, 6) is 1.47. The van der Waals surface area contributed by atoms with Gasteiger partial charge in [0.2, 0.25) is 0 Å². The molecule has 346 valence electrons. The summed E-state index contributed by atoms with van der Waals surface area (Å²) in [5, 5.41) is 0. The van der Waals surface area contributed by atoms with E-state index < -0.39 is 0 Å². The summed E-state index contributed by atoms with van der Waals surface area (Å²) < 4.78 is 18.3. The fourth-order valence-corrected chi connectivity index (χ4v) is 11.1. The Labute approximate surface area is 372 Å². The molecular weight excluding hydrogens is 761 g/mol. The van der Waals surface area contributed by atoms with Crippen LogP contribution in [0.15, 0.2) is 24.3 Å². The topological polar surface area (TPSA) is 85.4 Å². The van der Waals surface area contributed by atoms with Crippen molar-refractivity contribution in [1.82, 2.24) is 9.80 Å². The van der Waals surface area contributed by atoms with Gasteiger partial charge in [0.25, 0.3) is 11.8 Å². The average molecular weight is 849 g/mol. The smallest absolute Gasteiger partial charge is 0.305 e. The van der Waals surface area contributed by atoms with Crippen molar-refractivity contribution < 1.29 is 28.6 Å². The van der Waals surface area contributed by atoms with E-state index in [1.807, 2.05) is 24.3 Å². The number of hydrogen-bond acceptors (Lipinski definition) is 6. The first-order valence-corrected chi connectivity index (χ1v) is 26.2. The summed E-state index contributed by atoms with van der Waals surface area (Å²) >= 11 is 0. The zero-order chi connectivity index (χ0) is 42.7. The molecule has 0 saturated heterocycles. The molecule has 4 aliphatic carbocycles. The largest absolute Gasteiger partial charge is 0.480 e. The number of benzene rings is 1. The molecule has 1 aromatic carbocycles. The van der Waals surface area contributed by atoms with E-state index in [9.17, 15) is 14.4 Å². The number of carbonyl (C=O) groups excluding carboxylic acids is 3. The van der Waals surface area contributed by atoms with E-state index in [2.05, 4.69) is 16.7 Å². The van der Waals surface area contributed by atoms with Gasteiger partial charge in [0, 0.05) is 30.6 Å². The maximum atomic E-state index is 14.1. The van der Waals surface area contributed by atoms with Crippen molar-refractivity contribution in [2.45, 2.75) is 256 Å². The van der Waals surface area contributed by atoms with Crippen LogP contribution in [0.1, 0.15) is 232 Å². The second-order valence-electron chi connectivity index (χ2n) is 19.6. The van der Waals surface area contributed by atoms with Crippen molar-refractivity contribution in [1.29, 1.82) is 0 Å². The molecule has 0 N–H and O–H groups in total. The fraction of sp³-hybridized carbons (Fsp3) is 0.830. The first kappa shape index (κ1) is 49.2. The molecule has 8 nitrogen and oxygen atoms in total. The van der Waals surface area contributed by atoms with Gasteiger partial charge in [-0.2, -0.15) is 0 Å². The van der Waals surface area contributed by atoms with Crippen molar-refractivity contribution in [2.75, 3.05) is 19.8 Å². The second-order valence-corrected chi connectivity index (χ2v) is 19.6. The van der Waals surface area contributed by atoms with Crippen LogP contribution in [0.25, 0.3) is 0 Å². The van der Waals surface area contributed by atoms with Gasteiger partial charge in [-0.3, -0.25) is 14.4 Å². The average Bonchev–Trinajstić information content (AvgIpc) is 3.30. The van der Waals surface area contributed by atoms with Crippen molar-refractivity contribution in [3.8, 4) is 11.5 Å². The number of amides is 2. The molecule has 0 aromatic heterocycles. The summed E-state index contributed by atoms with van der Waals surface area (Å²) in [6.07, 6.45) is 41.4. The van der Waals surface area contributed by atoms with Gasteiger partial charge in [0.05, 0.1) is 6.61 Å². The second kappa shape index (κ2) is 29.6. The predicted molar refractivity (Wildman–Crippen MR) is 248 cm³/mol. The van der Waals surface area contributed by atoms with Gasteiger partial charge in [0.15, 0.2) is 24.7 Å². The maximum absolute atomic E-state index is 14.1. The molecule has 61 heavy (non-hydrogen) atoms. The lowest BCUT2D eigenvalue weighted by Gasteiger charge is -2.43. The molecule has 1 aromatic rings. The summed E-state index contributed by atoms with van der Waals surface area (Å²) in [4.78, 5) is 45.0. The number of rotatable bonds is 28. The number of nitrogens with zero attached hydrogens (tertiary/aromatic N) is 2. The van der Waals surface area contributed by atoms with Crippen molar-refractivity contribution >= 4 is 17.8 Å². The lowest BCUT2D eigenvalue weighted by Crippen LogP contribution is -2.51. The molecule has 0 radical (unpaired) electrons.